The van der Waals surface area contributed by atoms with Gasteiger partial charge >= 0.3 is 5.97 Å². The van der Waals surface area contributed by atoms with Crippen molar-refractivity contribution in [3.63, 3.8) is 0 Å². The van der Waals surface area contributed by atoms with E-state index in [-0.39, 0.29) is 5.92 Å². The van der Waals surface area contributed by atoms with Crippen molar-refractivity contribution in [3.8, 4) is 0 Å². The average Bonchev–Trinajstić information content (AvgIpc) is 2.25. The Kier molecular flexibility index (Phi) is 4.50. The van der Waals surface area contributed by atoms with Crippen molar-refractivity contribution >= 4 is 22.8 Å². The summed E-state index contributed by atoms with van der Waals surface area (Å²) in [7, 11) is 0. The van der Waals surface area contributed by atoms with Crippen molar-refractivity contribution in [2.75, 3.05) is 0 Å². The SMILES string of the molecule is CC(C)[C@H](OC(=O)c1ccccc1)C(=O)Cl. The van der Waals surface area contributed by atoms with Crippen LogP contribution in [0.2, 0.25) is 0 Å². The molecule has 16 heavy (non-hydrogen) atoms. The second-order valence-electron chi connectivity index (χ2n) is 3.74. The minimum atomic E-state index is -0.894. The van der Waals surface area contributed by atoms with Gasteiger partial charge in [-0.05, 0) is 29.7 Å². The molecule has 0 spiro atoms. The monoisotopic (exact) mass is 240 g/mol. The van der Waals surface area contributed by atoms with E-state index < -0.39 is 17.3 Å². The van der Waals surface area contributed by atoms with Gasteiger partial charge in [0.15, 0.2) is 6.10 Å². The Morgan fingerprint density at radius 3 is 2.19 bits per heavy atom. The molecule has 0 N–H and O–H groups in total. The van der Waals surface area contributed by atoms with Crippen LogP contribution in [0.15, 0.2) is 30.3 Å². The van der Waals surface area contributed by atoms with Crippen LogP contribution >= 0.6 is 11.6 Å². The highest BCUT2D eigenvalue weighted by Gasteiger charge is 2.25. The molecule has 86 valence electrons. The molecule has 0 bridgehead atoms. The van der Waals surface area contributed by atoms with Gasteiger partial charge in [0.05, 0.1) is 5.56 Å². The lowest BCUT2D eigenvalue weighted by Gasteiger charge is -2.17. The van der Waals surface area contributed by atoms with Gasteiger partial charge in [0.2, 0.25) is 0 Å². The van der Waals surface area contributed by atoms with Gasteiger partial charge in [-0.15, -0.1) is 0 Å². The smallest absolute Gasteiger partial charge is 0.338 e. The van der Waals surface area contributed by atoms with E-state index in [4.69, 9.17) is 16.3 Å². The van der Waals surface area contributed by atoms with E-state index in [1.807, 2.05) is 0 Å². The minimum absolute atomic E-state index is 0.141. The molecule has 1 rings (SSSR count). The number of ether oxygens (including phenoxy) is 1. The minimum Gasteiger partial charge on any atom is -0.449 e. The van der Waals surface area contributed by atoms with E-state index >= 15 is 0 Å². The van der Waals surface area contributed by atoms with E-state index in [2.05, 4.69) is 0 Å². The van der Waals surface area contributed by atoms with E-state index in [1.165, 1.54) is 0 Å². The van der Waals surface area contributed by atoms with Crippen LogP contribution in [0.5, 0.6) is 0 Å². The number of carbonyl (C=O) groups excluding carboxylic acids is 2. The Morgan fingerprint density at radius 1 is 1.19 bits per heavy atom. The zero-order valence-corrected chi connectivity index (χ0v) is 9.90. The molecule has 0 unspecified atom stereocenters. The van der Waals surface area contributed by atoms with Gasteiger partial charge in [0, 0.05) is 0 Å². The molecule has 1 aromatic rings. The summed E-state index contributed by atoms with van der Waals surface area (Å²) in [5, 5.41) is -0.653. The van der Waals surface area contributed by atoms with Crippen molar-refractivity contribution in [1.82, 2.24) is 0 Å². The van der Waals surface area contributed by atoms with Gasteiger partial charge in [-0.1, -0.05) is 32.0 Å². The molecular formula is C12H13ClO3. The zero-order valence-electron chi connectivity index (χ0n) is 9.14. The molecule has 0 aliphatic rings. The highest BCUT2D eigenvalue weighted by molar-refractivity contribution is 6.64. The second-order valence-corrected chi connectivity index (χ2v) is 4.11. The number of benzene rings is 1. The maximum Gasteiger partial charge on any atom is 0.338 e. The molecule has 0 aliphatic carbocycles. The molecule has 0 aromatic heterocycles. The molecular weight excluding hydrogens is 228 g/mol. The Bertz CT molecular complexity index is 373. The van der Waals surface area contributed by atoms with Gasteiger partial charge in [0.25, 0.3) is 5.24 Å². The largest absolute Gasteiger partial charge is 0.449 e. The van der Waals surface area contributed by atoms with E-state index in [1.54, 1.807) is 44.2 Å². The van der Waals surface area contributed by atoms with Crippen LogP contribution in [0.25, 0.3) is 0 Å². The fourth-order valence-corrected chi connectivity index (χ4v) is 1.50. The number of rotatable bonds is 4. The van der Waals surface area contributed by atoms with Crippen LogP contribution in [0.4, 0.5) is 0 Å². The molecule has 1 aromatic carbocycles. The topological polar surface area (TPSA) is 43.4 Å². The Labute approximate surface area is 99.4 Å². The van der Waals surface area contributed by atoms with Crippen LogP contribution in [0.1, 0.15) is 24.2 Å². The lowest BCUT2D eigenvalue weighted by molar-refractivity contribution is -0.121. The van der Waals surface area contributed by atoms with Crippen molar-refractivity contribution in [2.45, 2.75) is 20.0 Å². The summed E-state index contributed by atoms with van der Waals surface area (Å²) in [6.45, 7) is 3.53. The summed E-state index contributed by atoms with van der Waals surface area (Å²) in [6, 6.07) is 8.49. The normalized spacial score (nSPS) is 12.2. The average molecular weight is 241 g/mol. The number of esters is 1. The first kappa shape index (κ1) is 12.7. The molecule has 0 saturated carbocycles. The third-order valence-electron chi connectivity index (χ3n) is 2.07. The number of hydrogen-bond acceptors (Lipinski definition) is 3. The molecule has 0 aliphatic heterocycles. The third kappa shape index (κ3) is 3.35. The number of hydrogen-bond donors (Lipinski definition) is 0. The quantitative estimate of drug-likeness (QED) is 0.600. The van der Waals surface area contributed by atoms with Crippen LogP contribution < -0.4 is 0 Å². The first-order valence-electron chi connectivity index (χ1n) is 4.97. The first-order valence-corrected chi connectivity index (χ1v) is 5.35. The van der Waals surface area contributed by atoms with Gasteiger partial charge in [-0.25, -0.2) is 4.79 Å². The fraction of sp³-hybridized carbons (Fsp3) is 0.333. The second kappa shape index (κ2) is 5.66. The van der Waals surface area contributed by atoms with Crippen molar-refractivity contribution in [2.24, 2.45) is 5.92 Å². The van der Waals surface area contributed by atoms with Crippen molar-refractivity contribution in [1.29, 1.82) is 0 Å². The third-order valence-corrected chi connectivity index (χ3v) is 2.29. The van der Waals surface area contributed by atoms with Crippen LogP contribution in [-0.4, -0.2) is 17.3 Å². The molecule has 0 fully saturated rings. The fourth-order valence-electron chi connectivity index (χ4n) is 1.20. The number of carbonyl (C=O) groups is 2. The van der Waals surface area contributed by atoms with Crippen LogP contribution in [-0.2, 0) is 9.53 Å². The van der Waals surface area contributed by atoms with E-state index in [0.29, 0.717) is 5.56 Å². The van der Waals surface area contributed by atoms with Crippen molar-refractivity contribution < 1.29 is 14.3 Å². The molecule has 4 heteroatoms. The highest BCUT2D eigenvalue weighted by atomic mass is 35.5. The standard InChI is InChI=1S/C12H13ClO3/c1-8(2)10(11(13)14)16-12(15)9-6-4-3-5-7-9/h3-8,10H,1-2H3/t10-/m0/s1. The molecule has 0 heterocycles. The molecule has 0 radical (unpaired) electrons. The maximum absolute atomic E-state index is 11.6. The van der Waals surface area contributed by atoms with Gasteiger partial charge in [-0.3, -0.25) is 4.79 Å². The molecule has 0 amide bonds. The number of halogens is 1. The Morgan fingerprint density at radius 2 is 1.75 bits per heavy atom. The lowest BCUT2D eigenvalue weighted by atomic mass is 10.1. The Hall–Kier alpha value is -1.35. The highest BCUT2D eigenvalue weighted by Crippen LogP contribution is 2.13. The summed E-state index contributed by atoms with van der Waals surface area (Å²) >= 11 is 5.35. The summed E-state index contributed by atoms with van der Waals surface area (Å²) in [5.74, 6) is -0.675. The lowest BCUT2D eigenvalue weighted by Crippen LogP contribution is -2.29. The zero-order chi connectivity index (χ0) is 12.1. The predicted molar refractivity (Wildman–Crippen MR) is 61.3 cm³/mol. The predicted octanol–water partition coefficient (Wildman–Crippen LogP) is 2.63. The summed E-state index contributed by atoms with van der Waals surface area (Å²) in [5.41, 5.74) is 0.408. The van der Waals surface area contributed by atoms with Gasteiger partial charge < -0.3 is 4.74 Å². The summed E-state index contributed by atoms with van der Waals surface area (Å²) in [4.78, 5) is 22.7. The molecule has 1 atom stereocenters. The summed E-state index contributed by atoms with van der Waals surface area (Å²) in [6.07, 6.45) is -0.894. The van der Waals surface area contributed by atoms with Gasteiger partial charge in [-0.2, -0.15) is 0 Å². The summed E-state index contributed by atoms with van der Waals surface area (Å²) < 4.78 is 5.04. The van der Waals surface area contributed by atoms with E-state index in [9.17, 15) is 9.59 Å². The molecule has 0 saturated heterocycles. The van der Waals surface area contributed by atoms with E-state index in [0.717, 1.165) is 0 Å². The Balaban J connectivity index is 2.74. The van der Waals surface area contributed by atoms with Crippen molar-refractivity contribution in [3.05, 3.63) is 35.9 Å². The maximum atomic E-state index is 11.6. The van der Waals surface area contributed by atoms with Gasteiger partial charge in [0.1, 0.15) is 0 Å². The van der Waals surface area contributed by atoms with Crippen LogP contribution in [0.3, 0.4) is 0 Å². The molecule has 3 nitrogen and oxygen atoms in total. The first-order chi connectivity index (χ1) is 7.52. The van der Waals surface area contributed by atoms with Crippen LogP contribution in [0, 0.1) is 5.92 Å².